The number of ether oxygens (including phenoxy) is 1. The zero-order chi connectivity index (χ0) is 16.6. The van der Waals surface area contributed by atoms with Gasteiger partial charge in [0.1, 0.15) is 12.1 Å². The van der Waals surface area contributed by atoms with Crippen LogP contribution >= 0.6 is 0 Å². The number of hydrogen-bond donors (Lipinski definition) is 1. The second-order valence-electron chi connectivity index (χ2n) is 5.46. The van der Waals surface area contributed by atoms with Gasteiger partial charge in [-0.05, 0) is 6.92 Å². The van der Waals surface area contributed by atoms with Crippen LogP contribution in [0.15, 0.2) is 18.7 Å². The first kappa shape index (κ1) is 15.3. The van der Waals surface area contributed by atoms with Gasteiger partial charge in [0, 0.05) is 36.8 Å². The molecule has 1 N–H and O–H groups in total. The van der Waals surface area contributed by atoms with Gasteiger partial charge < -0.3 is 10.1 Å². The van der Waals surface area contributed by atoms with Crippen molar-refractivity contribution in [2.24, 2.45) is 0 Å². The average molecular weight is 323 g/mol. The smallest absolute Gasteiger partial charge is 0.358 e. The highest BCUT2D eigenvalue weighted by atomic mass is 19.3. The molecule has 0 saturated heterocycles. The van der Waals surface area contributed by atoms with E-state index in [0.29, 0.717) is 5.82 Å². The first-order valence-electron chi connectivity index (χ1n) is 6.98. The maximum Gasteiger partial charge on any atom is 0.358 e. The SMILES string of the molecule is COC(=O)c1cn(-c2nc(NC3CC(F)(F)C3)ncc2C)cn1. The molecule has 0 radical (unpaired) electrons. The molecule has 2 heterocycles. The molecule has 0 bridgehead atoms. The number of alkyl halides is 2. The largest absolute Gasteiger partial charge is 0.464 e. The Labute approximate surface area is 130 Å². The minimum absolute atomic E-state index is 0.152. The van der Waals surface area contributed by atoms with E-state index in [0.717, 1.165) is 5.56 Å². The van der Waals surface area contributed by atoms with Crippen LogP contribution in [0.25, 0.3) is 5.82 Å². The Kier molecular flexibility index (Phi) is 3.70. The third-order valence-corrected chi connectivity index (χ3v) is 3.59. The van der Waals surface area contributed by atoms with Crippen molar-refractivity contribution in [3.05, 3.63) is 30.0 Å². The van der Waals surface area contributed by atoms with Crippen molar-refractivity contribution < 1.29 is 18.3 Å². The molecule has 1 saturated carbocycles. The molecule has 23 heavy (non-hydrogen) atoms. The number of imidazole rings is 1. The fraction of sp³-hybridized carbons (Fsp3) is 0.429. The summed E-state index contributed by atoms with van der Waals surface area (Å²) in [6.07, 6.45) is 4.05. The van der Waals surface area contributed by atoms with Crippen LogP contribution < -0.4 is 5.32 Å². The first-order valence-corrected chi connectivity index (χ1v) is 6.98. The lowest BCUT2D eigenvalue weighted by Gasteiger charge is -2.35. The van der Waals surface area contributed by atoms with E-state index in [9.17, 15) is 13.6 Å². The summed E-state index contributed by atoms with van der Waals surface area (Å²) in [6.45, 7) is 1.80. The van der Waals surface area contributed by atoms with Crippen molar-refractivity contribution in [3.63, 3.8) is 0 Å². The van der Waals surface area contributed by atoms with Gasteiger partial charge in [-0.15, -0.1) is 0 Å². The van der Waals surface area contributed by atoms with Gasteiger partial charge in [0.15, 0.2) is 5.69 Å². The van der Waals surface area contributed by atoms with Crippen molar-refractivity contribution in [1.29, 1.82) is 0 Å². The topological polar surface area (TPSA) is 81.9 Å². The van der Waals surface area contributed by atoms with Gasteiger partial charge in [-0.25, -0.2) is 23.5 Å². The zero-order valence-corrected chi connectivity index (χ0v) is 12.6. The number of carbonyl (C=O) groups excluding carboxylic acids is 1. The molecular weight excluding hydrogens is 308 g/mol. The summed E-state index contributed by atoms with van der Waals surface area (Å²) >= 11 is 0. The summed E-state index contributed by atoms with van der Waals surface area (Å²) < 4.78 is 31.9. The number of methoxy groups -OCH3 is 1. The van der Waals surface area contributed by atoms with Crippen LogP contribution in [0.2, 0.25) is 0 Å². The number of nitrogens with zero attached hydrogens (tertiary/aromatic N) is 4. The molecule has 0 atom stereocenters. The van der Waals surface area contributed by atoms with E-state index in [1.54, 1.807) is 17.7 Å². The lowest BCUT2D eigenvalue weighted by Crippen LogP contribution is -2.44. The van der Waals surface area contributed by atoms with E-state index >= 15 is 0 Å². The predicted octanol–water partition coefficient (Wildman–Crippen LogP) is 1.97. The Bertz CT molecular complexity index is 739. The van der Waals surface area contributed by atoms with Gasteiger partial charge in [0.05, 0.1) is 7.11 Å². The summed E-state index contributed by atoms with van der Waals surface area (Å²) in [6, 6.07) is -0.339. The number of carbonyl (C=O) groups is 1. The molecule has 1 fully saturated rings. The lowest BCUT2D eigenvalue weighted by atomic mass is 9.88. The van der Waals surface area contributed by atoms with Crippen molar-refractivity contribution in [2.75, 3.05) is 12.4 Å². The summed E-state index contributed by atoms with van der Waals surface area (Å²) in [5, 5.41) is 2.88. The van der Waals surface area contributed by atoms with Gasteiger partial charge in [0.2, 0.25) is 5.95 Å². The lowest BCUT2D eigenvalue weighted by molar-refractivity contribution is -0.0794. The molecule has 0 unspecified atom stereocenters. The van der Waals surface area contributed by atoms with Crippen LogP contribution in [0, 0.1) is 6.92 Å². The molecule has 0 spiro atoms. The van der Waals surface area contributed by atoms with Gasteiger partial charge in [-0.3, -0.25) is 4.57 Å². The molecule has 1 aliphatic rings. The van der Waals surface area contributed by atoms with Crippen molar-refractivity contribution in [1.82, 2.24) is 19.5 Å². The number of aromatic nitrogens is 4. The van der Waals surface area contributed by atoms with Crippen LogP contribution in [0.3, 0.4) is 0 Å². The minimum atomic E-state index is -2.61. The monoisotopic (exact) mass is 323 g/mol. The molecule has 2 aromatic rings. The van der Waals surface area contributed by atoms with Crippen molar-refractivity contribution in [3.8, 4) is 5.82 Å². The summed E-state index contributed by atoms with van der Waals surface area (Å²) in [7, 11) is 1.27. The average Bonchev–Trinajstić information content (AvgIpc) is 2.96. The summed E-state index contributed by atoms with van der Waals surface area (Å²) in [5.74, 6) is -2.38. The molecule has 2 aromatic heterocycles. The highest BCUT2D eigenvalue weighted by molar-refractivity contribution is 5.86. The number of anilines is 1. The highest BCUT2D eigenvalue weighted by Crippen LogP contribution is 2.38. The second kappa shape index (κ2) is 5.56. The maximum atomic E-state index is 12.9. The van der Waals surface area contributed by atoms with E-state index < -0.39 is 11.9 Å². The number of esters is 1. The molecule has 0 amide bonds. The molecule has 7 nitrogen and oxygen atoms in total. The third kappa shape index (κ3) is 3.13. The summed E-state index contributed by atoms with van der Waals surface area (Å²) in [5.41, 5.74) is 0.905. The molecule has 9 heteroatoms. The van der Waals surface area contributed by atoms with Crippen LogP contribution in [-0.2, 0) is 4.74 Å². The Morgan fingerprint density at radius 1 is 1.43 bits per heavy atom. The molecule has 1 aliphatic carbocycles. The van der Waals surface area contributed by atoms with Crippen LogP contribution in [0.4, 0.5) is 14.7 Å². The second-order valence-corrected chi connectivity index (χ2v) is 5.46. The van der Waals surface area contributed by atoms with Crippen molar-refractivity contribution in [2.45, 2.75) is 31.7 Å². The third-order valence-electron chi connectivity index (χ3n) is 3.59. The molecule has 0 aromatic carbocycles. The van der Waals surface area contributed by atoms with Gasteiger partial charge in [-0.1, -0.05) is 0 Å². The quantitative estimate of drug-likeness (QED) is 0.866. The predicted molar refractivity (Wildman–Crippen MR) is 76.8 cm³/mol. The van der Waals surface area contributed by atoms with Gasteiger partial charge in [0.25, 0.3) is 5.92 Å². The van der Waals surface area contributed by atoms with Gasteiger partial charge >= 0.3 is 5.97 Å². The van der Waals surface area contributed by atoms with E-state index in [1.807, 2.05) is 0 Å². The van der Waals surface area contributed by atoms with Crippen LogP contribution in [0.5, 0.6) is 0 Å². The van der Waals surface area contributed by atoms with E-state index in [1.165, 1.54) is 19.6 Å². The zero-order valence-electron chi connectivity index (χ0n) is 12.6. The molecule has 3 rings (SSSR count). The summed E-state index contributed by atoms with van der Waals surface area (Å²) in [4.78, 5) is 23.8. The fourth-order valence-corrected chi connectivity index (χ4v) is 2.36. The Hall–Kier alpha value is -2.58. The Morgan fingerprint density at radius 3 is 2.83 bits per heavy atom. The van der Waals surface area contributed by atoms with Crippen LogP contribution in [-0.4, -0.2) is 44.6 Å². The first-order chi connectivity index (χ1) is 10.9. The fourth-order valence-electron chi connectivity index (χ4n) is 2.36. The molecule has 122 valence electrons. The van der Waals surface area contributed by atoms with E-state index in [-0.39, 0.29) is 30.5 Å². The van der Waals surface area contributed by atoms with Crippen LogP contribution in [0.1, 0.15) is 28.9 Å². The van der Waals surface area contributed by atoms with E-state index in [4.69, 9.17) is 0 Å². The maximum absolute atomic E-state index is 12.9. The molecular formula is C14H15F2N5O2. The number of rotatable bonds is 4. The Morgan fingerprint density at radius 2 is 2.17 bits per heavy atom. The van der Waals surface area contributed by atoms with E-state index in [2.05, 4.69) is 25.0 Å². The van der Waals surface area contributed by atoms with Crippen molar-refractivity contribution >= 4 is 11.9 Å². The number of hydrogen-bond acceptors (Lipinski definition) is 6. The number of nitrogens with one attached hydrogen (secondary N) is 1. The molecule has 0 aliphatic heterocycles. The minimum Gasteiger partial charge on any atom is -0.464 e. The Balaban J connectivity index is 1.80. The van der Waals surface area contributed by atoms with Gasteiger partial charge in [-0.2, -0.15) is 4.98 Å². The number of aryl methyl sites for hydroxylation is 1. The highest BCUT2D eigenvalue weighted by Gasteiger charge is 2.45. The standard InChI is InChI=1S/C14H15F2N5O2/c1-8-5-17-13(19-9-3-14(15,16)4-9)20-11(8)21-6-10(18-7-21)12(22)23-2/h5-7,9H,3-4H2,1-2H3,(H,17,19,20). The normalized spacial score (nSPS) is 16.7. The number of halogens is 2.